The highest BCUT2D eigenvalue weighted by Gasteiger charge is 2.17. The third kappa shape index (κ3) is 3.95. The Morgan fingerprint density at radius 2 is 2.33 bits per heavy atom. The number of hydrogen-bond acceptors (Lipinski definition) is 3. The minimum atomic E-state index is -0.410. The summed E-state index contributed by atoms with van der Waals surface area (Å²) in [6.07, 6.45) is 3.22. The summed E-state index contributed by atoms with van der Waals surface area (Å²) in [6.45, 7) is 4.10. The lowest BCUT2D eigenvalue weighted by Crippen LogP contribution is -2.50. The third-order valence-electron chi connectivity index (χ3n) is 1.88. The Bertz CT molecular complexity index is 323. The number of amides is 2. The van der Waals surface area contributed by atoms with Crippen LogP contribution in [0.4, 0.5) is 10.5 Å². The molecule has 0 aliphatic rings. The van der Waals surface area contributed by atoms with Crippen molar-refractivity contribution in [3.63, 3.8) is 0 Å². The van der Waals surface area contributed by atoms with Crippen molar-refractivity contribution in [3.05, 3.63) is 24.5 Å². The van der Waals surface area contributed by atoms with Gasteiger partial charge in [0.05, 0.1) is 11.9 Å². The van der Waals surface area contributed by atoms with E-state index in [1.165, 1.54) is 0 Å². The van der Waals surface area contributed by atoms with Crippen LogP contribution in [0.25, 0.3) is 0 Å². The maximum Gasteiger partial charge on any atom is 0.319 e. The molecule has 0 aromatic carbocycles. The van der Waals surface area contributed by atoms with Crippen molar-refractivity contribution >= 4 is 11.7 Å². The van der Waals surface area contributed by atoms with Crippen LogP contribution in [0.3, 0.4) is 0 Å². The van der Waals surface area contributed by atoms with Gasteiger partial charge in [-0.3, -0.25) is 4.98 Å². The van der Waals surface area contributed by atoms with Crippen LogP contribution < -0.4 is 16.4 Å². The molecule has 5 heteroatoms. The number of nitrogens with two attached hydrogens (primary N) is 1. The van der Waals surface area contributed by atoms with Crippen LogP contribution in [0.2, 0.25) is 0 Å². The van der Waals surface area contributed by atoms with E-state index in [2.05, 4.69) is 15.6 Å². The molecule has 0 fully saturated rings. The standard InChI is InChI=1S/C10H16N4O/c1-10(2,7-11)14-9(15)13-8-4-3-5-12-6-8/h3-6H,7,11H2,1-2H3,(H2,13,14,15). The summed E-state index contributed by atoms with van der Waals surface area (Å²) in [5.41, 5.74) is 5.74. The normalized spacial score (nSPS) is 10.9. The SMILES string of the molecule is CC(C)(CN)NC(=O)Nc1cccnc1. The molecule has 1 heterocycles. The van der Waals surface area contributed by atoms with Gasteiger partial charge in [0.1, 0.15) is 0 Å². The summed E-state index contributed by atoms with van der Waals surface area (Å²) in [5, 5.41) is 5.42. The predicted octanol–water partition coefficient (Wildman–Crippen LogP) is 0.940. The molecule has 82 valence electrons. The molecule has 0 spiro atoms. The van der Waals surface area contributed by atoms with Gasteiger partial charge >= 0.3 is 6.03 Å². The van der Waals surface area contributed by atoms with E-state index in [0.717, 1.165) is 0 Å². The molecule has 0 aliphatic heterocycles. The molecule has 1 aromatic heterocycles. The van der Waals surface area contributed by atoms with E-state index in [1.54, 1.807) is 24.5 Å². The fourth-order valence-corrected chi connectivity index (χ4v) is 0.957. The largest absolute Gasteiger partial charge is 0.332 e. The monoisotopic (exact) mass is 208 g/mol. The van der Waals surface area contributed by atoms with Gasteiger partial charge in [0.2, 0.25) is 0 Å². The van der Waals surface area contributed by atoms with Gasteiger partial charge in [0.15, 0.2) is 0 Å². The Hall–Kier alpha value is -1.62. The van der Waals surface area contributed by atoms with Crippen molar-refractivity contribution in [2.24, 2.45) is 5.73 Å². The smallest absolute Gasteiger partial charge is 0.319 e. The fraction of sp³-hybridized carbons (Fsp3) is 0.400. The average Bonchev–Trinajstić information content (AvgIpc) is 2.18. The van der Waals surface area contributed by atoms with Gasteiger partial charge in [-0.1, -0.05) is 0 Å². The number of aromatic nitrogens is 1. The molecule has 0 bridgehead atoms. The summed E-state index contributed by atoms with van der Waals surface area (Å²) < 4.78 is 0. The van der Waals surface area contributed by atoms with Crippen LogP contribution >= 0.6 is 0 Å². The molecular formula is C10H16N4O. The van der Waals surface area contributed by atoms with E-state index in [4.69, 9.17) is 5.73 Å². The first-order chi connectivity index (χ1) is 7.03. The summed E-state index contributed by atoms with van der Waals surface area (Å²) >= 11 is 0. The average molecular weight is 208 g/mol. The number of carbonyl (C=O) groups is 1. The maximum atomic E-state index is 11.5. The Morgan fingerprint density at radius 3 is 2.87 bits per heavy atom. The lowest BCUT2D eigenvalue weighted by molar-refractivity contribution is 0.242. The minimum absolute atomic E-state index is 0.279. The van der Waals surface area contributed by atoms with E-state index in [-0.39, 0.29) is 6.03 Å². The number of rotatable bonds is 3. The first kappa shape index (κ1) is 11.5. The quantitative estimate of drug-likeness (QED) is 0.691. The summed E-state index contributed by atoms with van der Waals surface area (Å²) in [5.74, 6) is 0. The van der Waals surface area contributed by atoms with Gasteiger partial charge in [-0.25, -0.2) is 4.79 Å². The second-order valence-electron chi connectivity index (χ2n) is 3.91. The van der Waals surface area contributed by atoms with Gasteiger partial charge in [-0.05, 0) is 26.0 Å². The summed E-state index contributed by atoms with van der Waals surface area (Å²) in [6, 6.07) is 3.24. The number of carbonyl (C=O) groups excluding carboxylic acids is 1. The number of hydrogen-bond donors (Lipinski definition) is 3. The van der Waals surface area contributed by atoms with Gasteiger partial charge < -0.3 is 16.4 Å². The minimum Gasteiger partial charge on any atom is -0.332 e. The molecule has 0 saturated heterocycles. The molecule has 1 rings (SSSR count). The lowest BCUT2D eigenvalue weighted by atomic mass is 10.1. The molecule has 0 saturated carbocycles. The number of nitrogens with zero attached hydrogens (tertiary/aromatic N) is 1. The van der Waals surface area contributed by atoms with Crippen LogP contribution in [0.5, 0.6) is 0 Å². The van der Waals surface area contributed by atoms with Crippen molar-refractivity contribution < 1.29 is 4.79 Å². The molecule has 2 amide bonds. The zero-order valence-electron chi connectivity index (χ0n) is 8.95. The zero-order chi connectivity index (χ0) is 11.3. The summed E-state index contributed by atoms with van der Waals surface area (Å²) in [4.78, 5) is 15.4. The second kappa shape index (κ2) is 4.75. The number of nitrogens with one attached hydrogen (secondary N) is 2. The van der Waals surface area contributed by atoms with Gasteiger partial charge in [-0.2, -0.15) is 0 Å². The van der Waals surface area contributed by atoms with E-state index in [9.17, 15) is 4.79 Å². The molecule has 1 aromatic rings. The van der Waals surface area contributed by atoms with Gasteiger partial charge in [0.25, 0.3) is 0 Å². The number of anilines is 1. The molecule has 5 nitrogen and oxygen atoms in total. The highest BCUT2D eigenvalue weighted by atomic mass is 16.2. The fourth-order valence-electron chi connectivity index (χ4n) is 0.957. The van der Waals surface area contributed by atoms with E-state index < -0.39 is 5.54 Å². The zero-order valence-corrected chi connectivity index (χ0v) is 8.95. The molecule has 4 N–H and O–H groups in total. The number of urea groups is 1. The Labute approximate surface area is 89.1 Å². The van der Waals surface area contributed by atoms with Crippen molar-refractivity contribution in [2.75, 3.05) is 11.9 Å². The van der Waals surface area contributed by atoms with Crippen LogP contribution in [-0.4, -0.2) is 23.1 Å². The summed E-state index contributed by atoms with van der Waals surface area (Å²) in [7, 11) is 0. The highest BCUT2D eigenvalue weighted by molar-refractivity contribution is 5.89. The van der Waals surface area contributed by atoms with Crippen molar-refractivity contribution in [2.45, 2.75) is 19.4 Å². The third-order valence-corrected chi connectivity index (χ3v) is 1.88. The Morgan fingerprint density at radius 1 is 1.60 bits per heavy atom. The van der Waals surface area contributed by atoms with Crippen molar-refractivity contribution in [1.29, 1.82) is 0 Å². The molecule has 0 unspecified atom stereocenters. The first-order valence-electron chi connectivity index (χ1n) is 4.73. The number of pyridine rings is 1. The van der Waals surface area contributed by atoms with Gasteiger partial charge in [-0.15, -0.1) is 0 Å². The first-order valence-corrected chi connectivity index (χ1v) is 4.73. The predicted molar refractivity (Wildman–Crippen MR) is 59.5 cm³/mol. The molecular weight excluding hydrogens is 192 g/mol. The topological polar surface area (TPSA) is 80.0 Å². The maximum absolute atomic E-state index is 11.5. The van der Waals surface area contributed by atoms with Gasteiger partial charge in [0, 0.05) is 18.3 Å². The molecule has 15 heavy (non-hydrogen) atoms. The second-order valence-corrected chi connectivity index (χ2v) is 3.91. The van der Waals surface area contributed by atoms with E-state index in [0.29, 0.717) is 12.2 Å². The highest BCUT2D eigenvalue weighted by Crippen LogP contribution is 2.04. The molecule has 0 radical (unpaired) electrons. The van der Waals surface area contributed by atoms with Crippen LogP contribution in [0.1, 0.15) is 13.8 Å². The molecule has 0 aliphatic carbocycles. The van der Waals surface area contributed by atoms with Crippen LogP contribution in [0, 0.1) is 0 Å². The van der Waals surface area contributed by atoms with Crippen LogP contribution in [0.15, 0.2) is 24.5 Å². The van der Waals surface area contributed by atoms with E-state index >= 15 is 0 Å². The molecule has 0 atom stereocenters. The van der Waals surface area contributed by atoms with Crippen molar-refractivity contribution in [1.82, 2.24) is 10.3 Å². The van der Waals surface area contributed by atoms with Crippen LogP contribution in [-0.2, 0) is 0 Å². The lowest BCUT2D eigenvalue weighted by Gasteiger charge is -2.24. The van der Waals surface area contributed by atoms with E-state index in [1.807, 2.05) is 13.8 Å². The Balaban J connectivity index is 2.51. The Kier molecular flexibility index (Phi) is 3.62. The van der Waals surface area contributed by atoms with Crippen molar-refractivity contribution in [3.8, 4) is 0 Å².